The molecule has 0 atom stereocenters. The van der Waals surface area contributed by atoms with Crippen molar-refractivity contribution in [2.75, 3.05) is 6.54 Å². The van der Waals surface area contributed by atoms with E-state index in [1.54, 1.807) is 10.8 Å². The van der Waals surface area contributed by atoms with Crippen LogP contribution in [-0.2, 0) is 17.8 Å². The van der Waals surface area contributed by atoms with E-state index in [9.17, 15) is 9.59 Å². The molecule has 1 aromatic carbocycles. The molecule has 0 saturated heterocycles. The fourth-order valence-corrected chi connectivity index (χ4v) is 3.44. The number of para-hydroxylation sites is 1. The molecule has 0 aliphatic carbocycles. The number of hydrogen-bond acceptors (Lipinski definition) is 4. The van der Waals surface area contributed by atoms with Crippen LogP contribution in [0.2, 0.25) is 0 Å². The molecule has 24 heavy (non-hydrogen) atoms. The third-order valence-corrected chi connectivity index (χ3v) is 4.85. The molecule has 2 heterocycles. The number of benzene rings is 1. The standard InChI is InChI=1S/C18H19N3O2S/c1-13-12-24-18(23)21(13)11-8-16(22)19-10-7-15-5-2-4-14-6-3-9-20-17(14)15/h2-6,9,12H,7-8,10-11H2,1H3,(H,19,22). The van der Waals surface area contributed by atoms with Crippen LogP contribution in [0.1, 0.15) is 17.7 Å². The first-order valence-electron chi connectivity index (χ1n) is 7.89. The first-order chi connectivity index (χ1) is 11.6. The molecule has 124 valence electrons. The van der Waals surface area contributed by atoms with Crippen LogP contribution in [0.25, 0.3) is 10.9 Å². The maximum absolute atomic E-state index is 12.0. The minimum Gasteiger partial charge on any atom is -0.356 e. The van der Waals surface area contributed by atoms with Gasteiger partial charge in [-0.15, -0.1) is 0 Å². The summed E-state index contributed by atoms with van der Waals surface area (Å²) in [4.78, 5) is 28.0. The highest BCUT2D eigenvalue weighted by molar-refractivity contribution is 7.07. The Balaban J connectivity index is 1.52. The Hall–Kier alpha value is -2.47. The number of rotatable bonds is 6. The molecule has 2 aromatic heterocycles. The van der Waals surface area contributed by atoms with Crippen molar-refractivity contribution < 1.29 is 4.79 Å². The van der Waals surface area contributed by atoms with E-state index in [1.807, 2.05) is 42.6 Å². The number of aryl methyl sites for hydroxylation is 1. The van der Waals surface area contributed by atoms with Gasteiger partial charge in [0.2, 0.25) is 5.91 Å². The molecule has 0 spiro atoms. The summed E-state index contributed by atoms with van der Waals surface area (Å²) in [5.41, 5.74) is 3.01. The molecule has 1 amide bonds. The first-order valence-corrected chi connectivity index (χ1v) is 8.77. The van der Waals surface area contributed by atoms with Crippen molar-refractivity contribution in [3.63, 3.8) is 0 Å². The van der Waals surface area contributed by atoms with E-state index in [0.29, 0.717) is 19.5 Å². The number of thiazole rings is 1. The number of aromatic nitrogens is 2. The van der Waals surface area contributed by atoms with Gasteiger partial charge in [-0.25, -0.2) is 0 Å². The number of hydrogen-bond donors (Lipinski definition) is 1. The van der Waals surface area contributed by atoms with E-state index in [0.717, 1.165) is 28.6 Å². The van der Waals surface area contributed by atoms with Crippen LogP contribution in [0.15, 0.2) is 46.7 Å². The van der Waals surface area contributed by atoms with Crippen LogP contribution in [0.5, 0.6) is 0 Å². The molecule has 0 saturated carbocycles. The van der Waals surface area contributed by atoms with Gasteiger partial charge < -0.3 is 9.88 Å². The Morgan fingerprint density at radius 2 is 2.12 bits per heavy atom. The molecule has 3 rings (SSSR count). The van der Waals surface area contributed by atoms with Gasteiger partial charge in [-0.05, 0) is 25.0 Å². The molecule has 6 heteroatoms. The van der Waals surface area contributed by atoms with Crippen molar-refractivity contribution in [3.8, 4) is 0 Å². The van der Waals surface area contributed by atoms with Gasteiger partial charge in [0.25, 0.3) is 0 Å². The quantitative estimate of drug-likeness (QED) is 0.749. The Labute approximate surface area is 144 Å². The monoisotopic (exact) mass is 341 g/mol. The lowest BCUT2D eigenvalue weighted by atomic mass is 10.1. The Bertz CT molecular complexity index is 909. The maximum Gasteiger partial charge on any atom is 0.307 e. The molecule has 5 nitrogen and oxygen atoms in total. The van der Waals surface area contributed by atoms with Crippen LogP contribution in [0, 0.1) is 6.92 Å². The highest BCUT2D eigenvalue weighted by atomic mass is 32.1. The number of amides is 1. The molecule has 0 fully saturated rings. The lowest BCUT2D eigenvalue weighted by molar-refractivity contribution is -0.121. The largest absolute Gasteiger partial charge is 0.356 e. The second-order valence-corrected chi connectivity index (χ2v) is 6.46. The number of carbonyl (C=O) groups excluding carboxylic acids is 1. The summed E-state index contributed by atoms with van der Waals surface area (Å²) in [5.74, 6) is -0.0410. The molecule has 0 radical (unpaired) electrons. The van der Waals surface area contributed by atoms with E-state index >= 15 is 0 Å². The highest BCUT2D eigenvalue weighted by Crippen LogP contribution is 2.15. The molecule has 3 aromatic rings. The predicted octanol–water partition coefficient (Wildman–Crippen LogP) is 2.52. The van der Waals surface area contributed by atoms with Crippen LogP contribution >= 0.6 is 11.3 Å². The van der Waals surface area contributed by atoms with E-state index < -0.39 is 0 Å². The van der Waals surface area contributed by atoms with E-state index in [2.05, 4.69) is 10.3 Å². The number of nitrogens with one attached hydrogen (secondary N) is 1. The van der Waals surface area contributed by atoms with Crippen molar-refractivity contribution in [2.45, 2.75) is 26.3 Å². The maximum atomic E-state index is 12.0. The lowest BCUT2D eigenvalue weighted by Crippen LogP contribution is -2.28. The van der Waals surface area contributed by atoms with Crippen LogP contribution in [-0.4, -0.2) is 22.0 Å². The highest BCUT2D eigenvalue weighted by Gasteiger charge is 2.07. The SMILES string of the molecule is Cc1csc(=O)n1CCC(=O)NCCc1cccc2cccnc12. The number of fused-ring (bicyclic) bond motifs is 1. The van der Waals surface area contributed by atoms with Gasteiger partial charge in [-0.2, -0.15) is 0 Å². The minimum absolute atomic E-state index is 0.0119. The zero-order chi connectivity index (χ0) is 16.9. The Morgan fingerprint density at radius 1 is 1.29 bits per heavy atom. The average molecular weight is 341 g/mol. The molecular formula is C18H19N3O2S. The third kappa shape index (κ3) is 3.71. The van der Waals surface area contributed by atoms with E-state index in [1.165, 1.54) is 11.3 Å². The smallest absolute Gasteiger partial charge is 0.307 e. The summed E-state index contributed by atoms with van der Waals surface area (Å²) >= 11 is 1.17. The van der Waals surface area contributed by atoms with Crippen LogP contribution in [0.4, 0.5) is 0 Å². The number of pyridine rings is 1. The van der Waals surface area contributed by atoms with Gasteiger partial charge in [0, 0.05) is 42.2 Å². The lowest BCUT2D eigenvalue weighted by Gasteiger charge is -2.08. The van der Waals surface area contributed by atoms with Gasteiger partial charge >= 0.3 is 4.87 Å². The van der Waals surface area contributed by atoms with Gasteiger partial charge in [0.15, 0.2) is 0 Å². The fourth-order valence-electron chi connectivity index (χ4n) is 2.68. The van der Waals surface area contributed by atoms with Gasteiger partial charge in [-0.1, -0.05) is 35.6 Å². The second kappa shape index (κ2) is 7.40. The Morgan fingerprint density at radius 3 is 2.92 bits per heavy atom. The number of carbonyl (C=O) groups is 1. The van der Waals surface area contributed by atoms with E-state index in [-0.39, 0.29) is 10.8 Å². The molecule has 0 aliphatic rings. The van der Waals surface area contributed by atoms with Gasteiger partial charge in [-0.3, -0.25) is 14.6 Å². The normalized spacial score (nSPS) is 10.9. The van der Waals surface area contributed by atoms with Crippen LogP contribution in [0.3, 0.4) is 0 Å². The zero-order valence-electron chi connectivity index (χ0n) is 13.5. The summed E-state index contributed by atoms with van der Waals surface area (Å²) in [6.45, 7) is 2.87. The van der Waals surface area contributed by atoms with Crippen molar-refractivity contribution in [1.82, 2.24) is 14.9 Å². The fraction of sp³-hybridized carbons (Fsp3) is 0.278. The summed E-state index contributed by atoms with van der Waals surface area (Å²) < 4.78 is 1.64. The zero-order valence-corrected chi connectivity index (χ0v) is 14.3. The van der Waals surface area contributed by atoms with Crippen molar-refractivity contribution in [2.24, 2.45) is 0 Å². The molecule has 1 N–H and O–H groups in total. The molecular weight excluding hydrogens is 322 g/mol. The van der Waals surface area contributed by atoms with Gasteiger partial charge in [0.05, 0.1) is 5.52 Å². The van der Waals surface area contributed by atoms with Crippen molar-refractivity contribution in [1.29, 1.82) is 0 Å². The third-order valence-electron chi connectivity index (χ3n) is 3.97. The summed E-state index contributed by atoms with van der Waals surface area (Å²) in [5, 5.41) is 5.84. The van der Waals surface area contributed by atoms with Gasteiger partial charge in [0.1, 0.15) is 0 Å². The first kappa shape index (κ1) is 16.4. The summed E-state index contributed by atoms with van der Waals surface area (Å²) in [6.07, 6.45) is 2.83. The van der Waals surface area contributed by atoms with Crippen molar-refractivity contribution >= 4 is 28.1 Å². The molecule has 0 aliphatic heterocycles. The molecule has 0 unspecified atom stereocenters. The summed E-state index contributed by atoms with van der Waals surface area (Å²) in [6, 6.07) is 10.0. The second-order valence-electron chi connectivity index (χ2n) is 5.64. The molecule has 0 bridgehead atoms. The predicted molar refractivity (Wildman–Crippen MR) is 96.4 cm³/mol. The number of nitrogens with zero attached hydrogens (tertiary/aromatic N) is 2. The van der Waals surface area contributed by atoms with Crippen LogP contribution < -0.4 is 10.2 Å². The summed E-state index contributed by atoms with van der Waals surface area (Å²) in [7, 11) is 0. The topological polar surface area (TPSA) is 64.0 Å². The Kier molecular flexibility index (Phi) is 5.05. The average Bonchev–Trinajstić information content (AvgIpc) is 2.91. The van der Waals surface area contributed by atoms with E-state index in [4.69, 9.17) is 0 Å². The van der Waals surface area contributed by atoms with Crippen molar-refractivity contribution in [3.05, 3.63) is 62.8 Å². The minimum atomic E-state index is -0.0410.